The lowest BCUT2D eigenvalue weighted by Crippen LogP contribution is -2.17. The molecule has 2 aromatic rings. The number of nitro benzene ring substituents is 1. The molecule has 1 amide bonds. The number of aryl methyl sites for hydroxylation is 1. The van der Waals surface area contributed by atoms with Gasteiger partial charge in [0.25, 0.3) is 5.69 Å². The van der Waals surface area contributed by atoms with Crippen molar-refractivity contribution >= 4 is 23.5 Å². The van der Waals surface area contributed by atoms with Crippen molar-refractivity contribution in [2.24, 2.45) is 5.10 Å². The number of benzene rings is 2. The number of ether oxygens (including phenoxy) is 1. The number of anilines is 1. The van der Waals surface area contributed by atoms with E-state index >= 15 is 0 Å². The molecule has 0 saturated heterocycles. The fraction of sp³-hybridized carbons (Fsp3) is 0.300. The molecular formula is C20H24N4O4. The summed E-state index contributed by atoms with van der Waals surface area (Å²) in [5, 5.41) is 15.1. The van der Waals surface area contributed by atoms with E-state index in [1.54, 1.807) is 38.2 Å². The first-order valence-corrected chi connectivity index (χ1v) is 8.81. The molecule has 0 unspecified atom stereocenters. The zero-order chi connectivity index (χ0) is 20.5. The summed E-state index contributed by atoms with van der Waals surface area (Å²) >= 11 is 0. The first kappa shape index (κ1) is 20.9. The summed E-state index contributed by atoms with van der Waals surface area (Å²) in [7, 11) is 5.10. The van der Waals surface area contributed by atoms with Crippen molar-refractivity contribution < 1.29 is 14.5 Å². The van der Waals surface area contributed by atoms with Crippen LogP contribution in [-0.4, -0.2) is 38.3 Å². The standard InChI is InChI=1S/C20H24N4O4/c1-23(2)18-12-9-16(13-19(18)24(26)27)14-21-22-20(25)6-4-5-15-7-10-17(28-3)11-8-15/h7-14H,4-6H2,1-3H3,(H,22,25)/b21-14+. The maximum atomic E-state index is 11.9. The van der Waals surface area contributed by atoms with Gasteiger partial charge in [0.15, 0.2) is 0 Å². The van der Waals surface area contributed by atoms with Crippen LogP contribution in [-0.2, 0) is 11.2 Å². The zero-order valence-electron chi connectivity index (χ0n) is 16.2. The van der Waals surface area contributed by atoms with Gasteiger partial charge in [-0.15, -0.1) is 0 Å². The van der Waals surface area contributed by atoms with Gasteiger partial charge in [0.2, 0.25) is 5.91 Å². The van der Waals surface area contributed by atoms with Gasteiger partial charge in [-0.2, -0.15) is 5.10 Å². The predicted molar refractivity (Wildman–Crippen MR) is 109 cm³/mol. The third-order valence-electron chi connectivity index (χ3n) is 4.11. The maximum Gasteiger partial charge on any atom is 0.293 e. The molecule has 8 heteroatoms. The quantitative estimate of drug-likeness (QED) is 0.407. The monoisotopic (exact) mass is 384 g/mol. The van der Waals surface area contributed by atoms with Crippen molar-refractivity contribution in [1.29, 1.82) is 0 Å². The van der Waals surface area contributed by atoms with Gasteiger partial charge in [0.1, 0.15) is 11.4 Å². The minimum atomic E-state index is -0.440. The van der Waals surface area contributed by atoms with Crippen LogP contribution in [0, 0.1) is 10.1 Å². The van der Waals surface area contributed by atoms with Gasteiger partial charge >= 0.3 is 0 Å². The molecule has 148 valence electrons. The van der Waals surface area contributed by atoms with E-state index < -0.39 is 4.92 Å². The molecule has 0 aliphatic heterocycles. The van der Waals surface area contributed by atoms with Crippen LogP contribution in [0.1, 0.15) is 24.0 Å². The number of nitrogens with one attached hydrogen (secondary N) is 1. The lowest BCUT2D eigenvalue weighted by Gasteiger charge is -2.12. The number of hydrazone groups is 1. The van der Waals surface area contributed by atoms with Crippen LogP contribution < -0.4 is 15.1 Å². The predicted octanol–water partition coefficient (Wildman–Crippen LogP) is 3.14. The molecule has 1 N–H and O–H groups in total. The number of hydrogen-bond donors (Lipinski definition) is 1. The molecule has 0 saturated carbocycles. The highest BCUT2D eigenvalue weighted by atomic mass is 16.6. The van der Waals surface area contributed by atoms with Crippen molar-refractivity contribution in [3.8, 4) is 5.75 Å². The van der Waals surface area contributed by atoms with Crippen molar-refractivity contribution in [3.05, 3.63) is 63.7 Å². The number of nitrogens with zero attached hydrogens (tertiary/aromatic N) is 3. The van der Waals surface area contributed by atoms with E-state index in [4.69, 9.17) is 4.74 Å². The minimum Gasteiger partial charge on any atom is -0.497 e. The topological polar surface area (TPSA) is 97.1 Å². The van der Waals surface area contributed by atoms with Crippen LogP contribution in [0.2, 0.25) is 0 Å². The summed E-state index contributed by atoms with van der Waals surface area (Å²) in [6.45, 7) is 0. The number of carbonyl (C=O) groups excluding carboxylic acids is 1. The van der Waals surface area contributed by atoms with Gasteiger partial charge < -0.3 is 9.64 Å². The summed E-state index contributed by atoms with van der Waals surface area (Å²) < 4.78 is 5.11. The van der Waals surface area contributed by atoms with E-state index in [1.807, 2.05) is 24.3 Å². The van der Waals surface area contributed by atoms with Crippen molar-refractivity contribution in [2.75, 3.05) is 26.1 Å². The highest BCUT2D eigenvalue weighted by Gasteiger charge is 2.15. The molecule has 0 aliphatic carbocycles. The zero-order valence-corrected chi connectivity index (χ0v) is 16.2. The fourth-order valence-corrected chi connectivity index (χ4v) is 2.63. The van der Waals surface area contributed by atoms with Crippen LogP contribution >= 0.6 is 0 Å². The molecule has 2 rings (SSSR count). The first-order valence-electron chi connectivity index (χ1n) is 8.81. The molecule has 28 heavy (non-hydrogen) atoms. The van der Waals surface area contributed by atoms with E-state index in [9.17, 15) is 14.9 Å². The summed E-state index contributed by atoms with van der Waals surface area (Å²) in [4.78, 5) is 24.3. The SMILES string of the molecule is COc1ccc(CCCC(=O)N/N=C/c2ccc(N(C)C)c([N+](=O)[O-])c2)cc1. The number of hydrogen-bond acceptors (Lipinski definition) is 6. The summed E-state index contributed by atoms with van der Waals surface area (Å²) in [6, 6.07) is 12.5. The van der Waals surface area contributed by atoms with Gasteiger partial charge in [-0.3, -0.25) is 14.9 Å². The molecule has 0 heterocycles. The fourth-order valence-electron chi connectivity index (χ4n) is 2.63. The van der Waals surface area contributed by atoms with Gasteiger partial charge in [0, 0.05) is 32.1 Å². The average Bonchev–Trinajstić information content (AvgIpc) is 2.68. The largest absolute Gasteiger partial charge is 0.497 e. The van der Waals surface area contributed by atoms with Crippen LogP contribution in [0.5, 0.6) is 5.75 Å². The molecule has 0 radical (unpaired) electrons. The van der Waals surface area contributed by atoms with Gasteiger partial charge in [-0.25, -0.2) is 5.43 Å². The lowest BCUT2D eigenvalue weighted by molar-refractivity contribution is -0.384. The highest BCUT2D eigenvalue weighted by molar-refractivity contribution is 5.84. The number of methoxy groups -OCH3 is 1. The molecule has 8 nitrogen and oxygen atoms in total. The Bertz CT molecular complexity index is 848. The van der Waals surface area contributed by atoms with Crippen molar-refractivity contribution in [3.63, 3.8) is 0 Å². The Morgan fingerprint density at radius 3 is 2.57 bits per heavy atom. The van der Waals surface area contributed by atoms with E-state index in [-0.39, 0.29) is 11.6 Å². The van der Waals surface area contributed by atoms with E-state index in [0.717, 1.165) is 17.7 Å². The molecule has 0 fully saturated rings. The molecule has 0 spiro atoms. The first-order chi connectivity index (χ1) is 13.4. The van der Waals surface area contributed by atoms with Crippen LogP contribution in [0.4, 0.5) is 11.4 Å². The highest BCUT2D eigenvalue weighted by Crippen LogP contribution is 2.27. The second-order valence-corrected chi connectivity index (χ2v) is 6.39. The third kappa shape index (κ3) is 6.08. The van der Waals surface area contributed by atoms with Crippen LogP contribution in [0.3, 0.4) is 0 Å². The number of rotatable bonds is 9. The van der Waals surface area contributed by atoms with E-state index in [2.05, 4.69) is 10.5 Å². The molecule has 2 aromatic carbocycles. The van der Waals surface area contributed by atoms with E-state index in [1.165, 1.54) is 12.3 Å². The number of amides is 1. The summed E-state index contributed by atoms with van der Waals surface area (Å²) in [5.41, 5.74) is 4.61. The maximum absolute atomic E-state index is 11.9. The molecule has 0 atom stereocenters. The van der Waals surface area contributed by atoms with Gasteiger partial charge in [-0.1, -0.05) is 18.2 Å². The molecule has 0 bridgehead atoms. The molecule has 0 aromatic heterocycles. The Kier molecular flexibility index (Phi) is 7.50. The second kappa shape index (κ2) is 10.1. The smallest absolute Gasteiger partial charge is 0.293 e. The molecular weight excluding hydrogens is 360 g/mol. The van der Waals surface area contributed by atoms with Gasteiger partial charge in [0.05, 0.1) is 18.2 Å². The van der Waals surface area contributed by atoms with Crippen LogP contribution in [0.25, 0.3) is 0 Å². The molecule has 0 aliphatic rings. The Labute approximate surface area is 164 Å². The Morgan fingerprint density at radius 2 is 1.96 bits per heavy atom. The lowest BCUT2D eigenvalue weighted by atomic mass is 10.1. The Hall–Kier alpha value is -3.42. The average molecular weight is 384 g/mol. The van der Waals surface area contributed by atoms with Crippen molar-refractivity contribution in [2.45, 2.75) is 19.3 Å². The van der Waals surface area contributed by atoms with Gasteiger partial charge in [-0.05, 0) is 36.6 Å². The number of nitro groups is 1. The Morgan fingerprint density at radius 1 is 1.25 bits per heavy atom. The van der Waals surface area contributed by atoms with Crippen LogP contribution in [0.15, 0.2) is 47.6 Å². The Balaban J connectivity index is 1.83. The van der Waals surface area contributed by atoms with E-state index in [0.29, 0.717) is 24.1 Å². The summed E-state index contributed by atoms with van der Waals surface area (Å²) in [5.74, 6) is 0.596. The normalized spacial score (nSPS) is 10.7. The second-order valence-electron chi connectivity index (χ2n) is 6.39. The summed E-state index contributed by atoms with van der Waals surface area (Å²) in [6.07, 6.45) is 3.20. The minimum absolute atomic E-state index is 0.0141. The van der Waals surface area contributed by atoms with Crippen molar-refractivity contribution in [1.82, 2.24) is 5.43 Å². The number of carbonyl (C=O) groups is 1. The third-order valence-corrected chi connectivity index (χ3v) is 4.11.